The normalized spacial score (nSPS) is 29.5. The molecule has 31 heavy (non-hydrogen) atoms. The number of anilines is 1. The summed E-state index contributed by atoms with van der Waals surface area (Å²) in [7, 11) is 0. The number of carbonyl (C=O) groups excluding carboxylic acids is 3. The molecule has 4 atom stereocenters. The second kappa shape index (κ2) is 7.21. The molecule has 0 unspecified atom stereocenters. The van der Waals surface area contributed by atoms with E-state index in [-0.39, 0.29) is 23.6 Å². The zero-order chi connectivity index (χ0) is 22.7. The first-order chi connectivity index (χ1) is 14.6. The van der Waals surface area contributed by atoms with E-state index in [2.05, 4.69) is 25.7 Å². The van der Waals surface area contributed by atoms with E-state index in [0.29, 0.717) is 19.3 Å². The highest BCUT2D eigenvalue weighted by Gasteiger charge is 2.69. The number of hydrogen-bond donors (Lipinski definition) is 1. The Hall–Kier alpha value is -2.63. The van der Waals surface area contributed by atoms with Gasteiger partial charge < -0.3 is 10.2 Å². The number of piperazine rings is 1. The SMILES string of the molecule is C=CC(C)(C)[C@@]12C[C@H]3C(=O)N[C@@H](CC(C)C)C(=O)N3[C@@H]1N(C(=O)CC)c1ccccc12. The molecular weight excluding hydrogens is 390 g/mol. The molecule has 3 amide bonds. The summed E-state index contributed by atoms with van der Waals surface area (Å²) in [5.74, 6) is 0.00275. The zero-order valence-corrected chi connectivity index (χ0v) is 19.1. The number of nitrogens with zero attached hydrogens (tertiary/aromatic N) is 2. The highest BCUT2D eigenvalue weighted by molar-refractivity contribution is 6.03. The van der Waals surface area contributed by atoms with Crippen molar-refractivity contribution in [2.24, 2.45) is 11.3 Å². The number of fused-ring (bicyclic) bond motifs is 5. The van der Waals surface area contributed by atoms with Gasteiger partial charge in [0.1, 0.15) is 18.2 Å². The molecule has 166 valence electrons. The monoisotopic (exact) mass is 423 g/mol. The average molecular weight is 424 g/mol. The fourth-order valence-corrected chi connectivity index (χ4v) is 5.90. The Balaban J connectivity index is 1.96. The smallest absolute Gasteiger partial charge is 0.247 e. The molecule has 3 aliphatic rings. The van der Waals surface area contributed by atoms with Gasteiger partial charge in [-0.25, -0.2) is 0 Å². The maximum Gasteiger partial charge on any atom is 0.247 e. The van der Waals surface area contributed by atoms with Gasteiger partial charge in [-0.3, -0.25) is 19.3 Å². The van der Waals surface area contributed by atoms with E-state index in [1.807, 2.05) is 51.1 Å². The fraction of sp³-hybridized carbons (Fsp3) is 0.560. The van der Waals surface area contributed by atoms with Crippen molar-refractivity contribution in [1.82, 2.24) is 10.2 Å². The molecule has 1 aromatic carbocycles. The summed E-state index contributed by atoms with van der Waals surface area (Å²) in [4.78, 5) is 43.7. The van der Waals surface area contributed by atoms with Gasteiger partial charge in [0.2, 0.25) is 17.7 Å². The lowest BCUT2D eigenvalue weighted by Gasteiger charge is -2.46. The minimum atomic E-state index is -0.611. The van der Waals surface area contributed by atoms with Crippen LogP contribution in [0, 0.1) is 11.3 Å². The third-order valence-electron chi connectivity index (χ3n) is 7.55. The van der Waals surface area contributed by atoms with Gasteiger partial charge in [0.15, 0.2) is 0 Å². The lowest BCUT2D eigenvalue weighted by molar-refractivity contribution is -0.150. The first-order valence-electron chi connectivity index (χ1n) is 11.3. The molecule has 4 rings (SSSR count). The van der Waals surface area contributed by atoms with Crippen molar-refractivity contribution in [1.29, 1.82) is 0 Å². The highest BCUT2D eigenvalue weighted by atomic mass is 16.2. The van der Waals surface area contributed by atoms with E-state index in [4.69, 9.17) is 0 Å². The van der Waals surface area contributed by atoms with Crippen LogP contribution in [0.3, 0.4) is 0 Å². The van der Waals surface area contributed by atoms with E-state index in [9.17, 15) is 14.4 Å². The van der Waals surface area contributed by atoms with Crippen LogP contribution in [-0.2, 0) is 19.8 Å². The van der Waals surface area contributed by atoms with E-state index in [1.54, 1.807) is 9.80 Å². The average Bonchev–Trinajstić information content (AvgIpc) is 3.23. The summed E-state index contributed by atoms with van der Waals surface area (Å²) in [6.45, 7) is 14.2. The Kier molecular flexibility index (Phi) is 5.02. The Morgan fingerprint density at radius 2 is 2.00 bits per heavy atom. The van der Waals surface area contributed by atoms with Crippen LogP contribution in [0.2, 0.25) is 0 Å². The first-order valence-corrected chi connectivity index (χ1v) is 11.3. The fourth-order valence-electron chi connectivity index (χ4n) is 5.90. The third-order valence-corrected chi connectivity index (χ3v) is 7.55. The molecule has 2 fully saturated rings. The molecule has 6 heteroatoms. The summed E-state index contributed by atoms with van der Waals surface area (Å²) in [5, 5.41) is 2.97. The number of amides is 3. The molecule has 3 aliphatic heterocycles. The van der Waals surface area contributed by atoms with Gasteiger partial charge in [-0.2, -0.15) is 0 Å². The third kappa shape index (κ3) is 2.80. The molecule has 3 heterocycles. The van der Waals surface area contributed by atoms with Crippen LogP contribution in [0.15, 0.2) is 36.9 Å². The van der Waals surface area contributed by atoms with Crippen LogP contribution < -0.4 is 10.2 Å². The van der Waals surface area contributed by atoms with E-state index in [1.165, 1.54) is 0 Å². The van der Waals surface area contributed by atoms with E-state index < -0.39 is 29.1 Å². The first kappa shape index (κ1) is 21.6. The van der Waals surface area contributed by atoms with Gasteiger partial charge in [-0.1, -0.05) is 58.9 Å². The van der Waals surface area contributed by atoms with Crippen molar-refractivity contribution in [3.63, 3.8) is 0 Å². The maximum atomic E-state index is 13.7. The van der Waals surface area contributed by atoms with Crippen molar-refractivity contribution in [3.8, 4) is 0 Å². The van der Waals surface area contributed by atoms with Crippen LogP contribution in [-0.4, -0.2) is 40.9 Å². The largest absolute Gasteiger partial charge is 0.342 e. The number of carbonyl (C=O) groups is 3. The lowest BCUT2D eigenvalue weighted by Crippen LogP contribution is -2.66. The van der Waals surface area contributed by atoms with E-state index >= 15 is 0 Å². The molecule has 1 N–H and O–H groups in total. The zero-order valence-electron chi connectivity index (χ0n) is 19.1. The molecule has 0 aliphatic carbocycles. The Morgan fingerprint density at radius 3 is 2.61 bits per heavy atom. The number of hydrogen-bond acceptors (Lipinski definition) is 3. The molecule has 2 saturated heterocycles. The van der Waals surface area contributed by atoms with Gasteiger partial charge in [-0.05, 0) is 35.8 Å². The topological polar surface area (TPSA) is 69.7 Å². The van der Waals surface area contributed by atoms with Gasteiger partial charge in [-0.15, -0.1) is 6.58 Å². The van der Waals surface area contributed by atoms with E-state index in [0.717, 1.165) is 11.3 Å². The predicted molar refractivity (Wildman–Crippen MR) is 120 cm³/mol. The Morgan fingerprint density at radius 1 is 1.32 bits per heavy atom. The van der Waals surface area contributed by atoms with Crippen molar-refractivity contribution >= 4 is 23.4 Å². The number of para-hydroxylation sites is 1. The second-order valence-electron chi connectivity index (χ2n) is 10.1. The number of allylic oxidation sites excluding steroid dienone is 1. The molecule has 6 nitrogen and oxygen atoms in total. The predicted octanol–water partition coefficient (Wildman–Crippen LogP) is 3.36. The van der Waals surface area contributed by atoms with Crippen LogP contribution >= 0.6 is 0 Å². The maximum absolute atomic E-state index is 13.7. The Bertz CT molecular complexity index is 953. The van der Waals surface area contributed by atoms with Crippen LogP contribution in [0.25, 0.3) is 0 Å². The van der Waals surface area contributed by atoms with Crippen LogP contribution in [0.1, 0.15) is 59.4 Å². The van der Waals surface area contributed by atoms with Gasteiger partial charge >= 0.3 is 0 Å². The molecule has 1 aromatic rings. The van der Waals surface area contributed by atoms with Crippen LogP contribution in [0.5, 0.6) is 0 Å². The molecule has 0 bridgehead atoms. The summed E-state index contributed by atoms with van der Waals surface area (Å²) >= 11 is 0. The minimum absolute atomic E-state index is 0.0426. The Labute approximate surface area is 184 Å². The quantitative estimate of drug-likeness (QED) is 0.739. The van der Waals surface area contributed by atoms with Crippen molar-refractivity contribution in [3.05, 3.63) is 42.5 Å². The highest BCUT2D eigenvalue weighted by Crippen LogP contribution is 2.62. The summed E-state index contributed by atoms with van der Waals surface area (Å²) in [6, 6.07) is 6.74. The molecule has 0 spiro atoms. The van der Waals surface area contributed by atoms with Crippen LogP contribution in [0.4, 0.5) is 5.69 Å². The number of rotatable bonds is 5. The number of benzene rings is 1. The summed E-state index contributed by atoms with van der Waals surface area (Å²) in [5.41, 5.74) is 0.789. The molecule has 0 aromatic heterocycles. The van der Waals surface area contributed by atoms with Gasteiger partial charge in [0.25, 0.3) is 0 Å². The number of nitrogens with one attached hydrogen (secondary N) is 1. The molecule has 0 saturated carbocycles. The lowest BCUT2D eigenvalue weighted by atomic mass is 9.60. The molecular formula is C25H33N3O3. The summed E-state index contributed by atoms with van der Waals surface area (Å²) in [6.07, 6.45) is 2.73. The van der Waals surface area contributed by atoms with Crippen molar-refractivity contribution in [2.75, 3.05) is 4.90 Å². The summed E-state index contributed by atoms with van der Waals surface area (Å²) < 4.78 is 0. The second-order valence-corrected chi connectivity index (χ2v) is 10.1. The molecule has 0 radical (unpaired) electrons. The van der Waals surface area contributed by atoms with Crippen molar-refractivity contribution < 1.29 is 14.4 Å². The van der Waals surface area contributed by atoms with Crippen molar-refractivity contribution in [2.45, 2.75) is 77.5 Å². The van der Waals surface area contributed by atoms with Gasteiger partial charge in [0, 0.05) is 17.5 Å². The minimum Gasteiger partial charge on any atom is -0.342 e. The standard InChI is InChI=1S/C25H33N3O3/c1-7-20(29)27-18-12-10-9-11-16(18)25(24(5,6)8-2)14-19-21(30)26-17(13-15(3)4)22(31)28(19)23(25)27/h8-12,15,17,19,23H,2,7,13-14H2,1,3-6H3,(H,26,30)/t17-,19-,23-,25+/m0/s1. The van der Waals surface area contributed by atoms with Gasteiger partial charge in [0.05, 0.1) is 0 Å².